The number of rotatable bonds is 0. The summed E-state index contributed by atoms with van der Waals surface area (Å²) < 4.78 is 0. The molecule has 2 nitrogen and oxygen atoms in total. The van der Waals surface area contributed by atoms with Crippen molar-refractivity contribution in [3.05, 3.63) is 36.3 Å². The third-order valence-corrected chi connectivity index (χ3v) is 2.38. The Balaban J connectivity index is 2.33. The molecule has 0 amide bonds. The first kappa shape index (κ1) is 7.62. The van der Waals surface area contributed by atoms with Crippen LogP contribution in [0.4, 0.5) is 0 Å². The van der Waals surface area contributed by atoms with Crippen LogP contribution in [0.1, 0.15) is 0 Å². The molecule has 3 heteroatoms. The molecule has 1 aliphatic heterocycles. The first-order chi connectivity index (χ1) is 5.77. The Morgan fingerprint density at radius 1 is 1.42 bits per heavy atom. The lowest BCUT2D eigenvalue weighted by atomic mass is 9.87. The molecule has 2 atom stereocenters. The maximum Gasteiger partial charge on any atom is 0.113 e. The molecule has 0 aromatic rings. The van der Waals surface area contributed by atoms with Crippen molar-refractivity contribution in [2.24, 2.45) is 16.8 Å². The van der Waals surface area contributed by atoms with Gasteiger partial charge in [0.05, 0.1) is 0 Å². The van der Waals surface area contributed by atoms with Gasteiger partial charge in [-0.25, -0.2) is 4.99 Å². The van der Waals surface area contributed by atoms with E-state index in [1.807, 2.05) is 12.2 Å². The monoisotopic (exact) mass is 181 g/mol. The van der Waals surface area contributed by atoms with Crippen molar-refractivity contribution in [1.29, 1.82) is 0 Å². The number of aliphatic hydroxyl groups excluding tert-OH is 1. The van der Waals surface area contributed by atoms with Crippen molar-refractivity contribution in [3.63, 3.8) is 0 Å². The number of halogens is 1. The standard InChI is InChI=1S/C9H8ClNO/c10-9-8-2-1-7(12)5-6(8)3-4-11-9/h1-6,8,12H. The van der Waals surface area contributed by atoms with Gasteiger partial charge in [-0.05, 0) is 12.2 Å². The first-order valence-electron chi connectivity index (χ1n) is 3.76. The Morgan fingerprint density at radius 3 is 3.08 bits per heavy atom. The SMILES string of the molecule is OC1=CC2C=CN=C(Cl)C2C=C1. The van der Waals surface area contributed by atoms with Gasteiger partial charge in [0.25, 0.3) is 0 Å². The topological polar surface area (TPSA) is 32.6 Å². The molecule has 1 aliphatic carbocycles. The van der Waals surface area contributed by atoms with Crippen molar-refractivity contribution < 1.29 is 5.11 Å². The highest BCUT2D eigenvalue weighted by atomic mass is 35.5. The van der Waals surface area contributed by atoms with E-state index in [9.17, 15) is 5.11 Å². The largest absolute Gasteiger partial charge is 0.508 e. The van der Waals surface area contributed by atoms with Crippen LogP contribution < -0.4 is 0 Å². The van der Waals surface area contributed by atoms with Gasteiger partial charge in [-0.2, -0.15) is 0 Å². The normalized spacial score (nSPS) is 32.4. The van der Waals surface area contributed by atoms with Crippen LogP contribution in [0.25, 0.3) is 0 Å². The number of fused-ring (bicyclic) bond motifs is 1. The van der Waals surface area contributed by atoms with Crippen molar-refractivity contribution in [2.45, 2.75) is 0 Å². The molecule has 0 aromatic carbocycles. The van der Waals surface area contributed by atoms with Crippen LogP contribution in [-0.4, -0.2) is 10.3 Å². The van der Waals surface area contributed by atoms with E-state index in [-0.39, 0.29) is 11.8 Å². The zero-order valence-electron chi connectivity index (χ0n) is 6.31. The van der Waals surface area contributed by atoms with E-state index in [0.717, 1.165) is 0 Å². The summed E-state index contributed by atoms with van der Waals surface area (Å²) in [6.45, 7) is 0. The number of allylic oxidation sites excluding steroid dienone is 4. The van der Waals surface area contributed by atoms with E-state index in [1.54, 1.807) is 18.4 Å². The molecular weight excluding hydrogens is 174 g/mol. The summed E-state index contributed by atoms with van der Waals surface area (Å²) in [5.41, 5.74) is 0. The zero-order valence-corrected chi connectivity index (χ0v) is 7.07. The van der Waals surface area contributed by atoms with Crippen LogP contribution in [0, 0.1) is 11.8 Å². The average molecular weight is 182 g/mol. The second-order valence-electron chi connectivity index (χ2n) is 2.85. The summed E-state index contributed by atoms with van der Waals surface area (Å²) in [6, 6.07) is 0. The molecular formula is C9H8ClNO. The summed E-state index contributed by atoms with van der Waals surface area (Å²) in [5, 5.41) is 9.78. The maximum absolute atomic E-state index is 9.19. The Kier molecular flexibility index (Phi) is 1.77. The quantitative estimate of drug-likeness (QED) is 0.612. The van der Waals surface area contributed by atoms with Gasteiger partial charge in [-0.1, -0.05) is 23.8 Å². The van der Waals surface area contributed by atoms with Crippen LogP contribution in [0.3, 0.4) is 0 Å². The van der Waals surface area contributed by atoms with Crippen molar-refractivity contribution in [2.75, 3.05) is 0 Å². The number of hydrogen-bond acceptors (Lipinski definition) is 2. The van der Waals surface area contributed by atoms with Gasteiger partial charge in [0.1, 0.15) is 10.9 Å². The lowest BCUT2D eigenvalue weighted by Gasteiger charge is -2.22. The average Bonchev–Trinajstić information content (AvgIpc) is 2.04. The number of nitrogens with zero attached hydrogens (tertiary/aromatic N) is 1. The first-order valence-corrected chi connectivity index (χ1v) is 4.14. The number of aliphatic imine (C=N–C) groups is 1. The van der Waals surface area contributed by atoms with Crippen LogP contribution in [0.2, 0.25) is 0 Å². The second kappa shape index (κ2) is 2.79. The molecule has 2 unspecified atom stereocenters. The molecule has 62 valence electrons. The number of aliphatic hydroxyl groups is 1. The van der Waals surface area contributed by atoms with Crippen molar-refractivity contribution in [3.8, 4) is 0 Å². The lowest BCUT2D eigenvalue weighted by Crippen LogP contribution is -2.20. The Labute approximate surface area is 75.6 Å². The van der Waals surface area contributed by atoms with Gasteiger partial charge in [0.2, 0.25) is 0 Å². The fraction of sp³-hybridized carbons (Fsp3) is 0.222. The Hall–Kier alpha value is -1.02. The van der Waals surface area contributed by atoms with Gasteiger partial charge in [0, 0.05) is 18.0 Å². The minimum absolute atomic E-state index is 0.118. The lowest BCUT2D eigenvalue weighted by molar-refractivity contribution is 0.418. The summed E-state index contributed by atoms with van der Waals surface area (Å²) in [4.78, 5) is 3.98. The molecule has 2 aliphatic rings. The summed E-state index contributed by atoms with van der Waals surface area (Å²) in [7, 11) is 0. The minimum atomic E-state index is 0.118. The molecule has 0 spiro atoms. The third-order valence-electron chi connectivity index (χ3n) is 2.03. The van der Waals surface area contributed by atoms with Crippen molar-refractivity contribution in [1.82, 2.24) is 0 Å². The highest BCUT2D eigenvalue weighted by Gasteiger charge is 2.24. The van der Waals surface area contributed by atoms with E-state index in [4.69, 9.17) is 11.6 Å². The molecule has 1 heterocycles. The van der Waals surface area contributed by atoms with Gasteiger partial charge < -0.3 is 5.11 Å². The van der Waals surface area contributed by atoms with Crippen LogP contribution in [-0.2, 0) is 0 Å². The minimum Gasteiger partial charge on any atom is -0.508 e. The summed E-state index contributed by atoms with van der Waals surface area (Å²) in [5.74, 6) is 0.583. The molecule has 0 radical (unpaired) electrons. The maximum atomic E-state index is 9.19. The predicted octanol–water partition coefficient (Wildman–Crippen LogP) is 2.40. The van der Waals surface area contributed by atoms with Crippen molar-refractivity contribution >= 4 is 16.8 Å². The summed E-state index contributed by atoms with van der Waals surface area (Å²) >= 11 is 5.87. The number of hydrogen-bond donors (Lipinski definition) is 1. The van der Waals surface area contributed by atoms with E-state index in [1.165, 1.54) is 0 Å². The van der Waals surface area contributed by atoms with Crippen LogP contribution in [0.15, 0.2) is 41.3 Å². The molecule has 0 fully saturated rings. The van der Waals surface area contributed by atoms with E-state index >= 15 is 0 Å². The molecule has 0 saturated carbocycles. The fourth-order valence-electron chi connectivity index (χ4n) is 1.40. The van der Waals surface area contributed by atoms with E-state index in [2.05, 4.69) is 4.99 Å². The van der Waals surface area contributed by atoms with E-state index in [0.29, 0.717) is 10.9 Å². The van der Waals surface area contributed by atoms with Gasteiger partial charge in [-0.3, -0.25) is 0 Å². The predicted molar refractivity (Wildman–Crippen MR) is 49.3 cm³/mol. The molecule has 1 N–H and O–H groups in total. The van der Waals surface area contributed by atoms with Gasteiger partial charge >= 0.3 is 0 Å². The van der Waals surface area contributed by atoms with Gasteiger partial charge in [0.15, 0.2) is 0 Å². The smallest absolute Gasteiger partial charge is 0.113 e. The Bertz CT molecular complexity index is 314. The molecule has 12 heavy (non-hydrogen) atoms. The molecule has 0 bridgehead atoms. The third kappa shape index (κ3) is 1.18. The Morgan fingerprint density at radius 2 is 2.25 bits per heavy atom. The van der Waals surface area contributed by atoms with Crippen LogP contribution >= 0.6 is 11.6 Å². The highest BCUT2D eigenvalue weighted by molar-refractivity contribution is 6.66. The second-order valence-corrected chi connectivity index (χ2v) is 3.23. The fourth-order valence-corrected chi connectivity index (χ4v) is 1.67. The summed E-state index contributed by atoms with van der Waals surface area (Å²) in [6.07, 6.45) is 8.90. The van der Waals surface area contributed by atoms with Crippen LogP contribution in [0.5, 0.6) is 0 Å². The molecule has 0 aromatic heterocycles. The zero-order chi connectivity index (χ0) is 8.55. The van der Waals surface area contributed by atoms with E-state index < -0.39 is 0 Å². The molecule has 2 rings (SSSR count). The molecule has 0 saturated heterocycles. The highest BCUT2D eigenvalue weighted by Crippen LogP contribution is 2.28. The van der Waals surface area contributed by atoms with Gasteiger partial charge in [-0.15, -0.1) is 0 Å².